The van der Waals surface area contributed by atoms with E-state index in [1.165, 1.54) is 0 Å². The minimum Gasteiger partial charge on any atom is -0.461 e. The van der Waals surface area contributed by atoms with E-state index in [1.54, 1.807) is 29.8 Å². The summed E-state index contributed by atoms with van der Waals surface area (Å²) in [6.45, 7) is 4.51. The molecule has 1 aromatic heterocycles. The van der Waals surface area contributed by atoms with Crippen molar-refractivity contribution in [2.24, 2.45) is 0 Å². The van der Waals surface area contributed by atoms with E-state index in [-0.39, 0.29) is 5.69 Å². The van der Waals surface area contributed by atoms with Gasteiger partial charge in [0.25, 0.3) is 0 Å². The highest BCUT2D eigenvalue weighted by Gasteiger charge is 2.17. The molecule has 0 fully saturated rings. The second-order valence-electron chi connectivity index (χ2n) is 5.89. The molecule has 26 heavy (non-hydrogen) atoms. The van der Waals surface area contributed by atoms with Crippen LogP contribution in [0.5, 0.6) is 0 Å². The molecule has 0 saturated carbocycles. The molecular formula is C20H18Cl2N2O2. The largest absolute Gasteiger partial charge is 0.461 e. The number of halogens is 2. The molecule has 0 spiro atoms. The fourth-order valence-corrected chi connectivity index (χ4v) is 3.08. The van der Waals surface area contributed by atoms with Gasteiger partial charge in [0.1, 0.15) is 0 Å². The summed E-state index contributed by atoms with van der Waals surface area (Å²) in [5.41, 5.74) is 4.07. The molecule has 3 rings (SSSR count). The summed E-state index contributed by atoms with van der Waals surface area (Å²) in [4.78, 5) is 12.1. The summed E-state index contributed by atoms with van der Waals surface area (Å²) in [6, 6.07) is 15.1. The Morgan fingerprint density at radius 2 is 1.85 bits per heavy atom. The molecule has 0 bridgehead atoms. The van der Waals surface area contributed by atoms with E-state index in [2.05, 4.69) is 5.10 Å². The van der Waals surface area contributed by atoms with E-state index in [4.69, 9.17) is 27.9 Å². The van der Waals surface area contributed by atoms with Crippen molar-refractivity contribution >= 4 is 29.2 Å². The zero-order chi connectivity index (χ0) is 18.7. The fraction of sp³-hybridized carbons (Fsp3) is 0.200. The highest BCUT2D eigenvalue weighted by molar-refractivity contribution is 6.35. The summed E-state index contributed by atoms with van der Waals surface area (Å²) in [6.07, 6.45) is 0. The highest BCUT2D eigenvalue weighted by atomic mass is 35.5. The number of ether oxygens (including phenoxy) is 1. The maximum absolute atomic E-state index is 12.1. The Labute approximate surface area is 162 Å². The van der Waals surface area contributed by atoms with Gasteiger partial charge in [-0.05, 0) is 43.2 Å². The van der Waals surface area contributed by atoms with Crippen LogP contribution in [0, 0.1) is 6.92 Å². The van der Waals surface area contributed by atoms with Crippen molar-refractivity contribution in [2.75, 3.05) is 6.61 Å². The number of carbonyl (C=O) groups excluding carboxylic acids is 1. The van der Waals surface area contributed by atoms with E-state index in [0.29, 0.717) is 23.2 Å². The maximum Gasteiger partial charge on any atom is 0.358 e. The van der Waals surface area contributed by atoms with Gasteiger partial charge in [0.05, 0.1) is 18.8 Å². The van der Waals surface area contributed by atoms with E-state index in [0.717, 1.165) is 22.4 Å². The Kier molecular flexibility index (Phi) is 5.64. The lowest BCUT2D eigenvalue weighted by Gasteiger charge is -2.10. The van der Waals surface area contributed by atoms with E-state index in [9.17, 15) is 4.79 Å². The fourth-order valence-electron chi connectivity index (χ4n) is 2.61. The molecular weight excluding hydrogens is 371 g/mol. The van der Waals surface area contributed by atoms with Crippen LogP contribution in [-0.2, 0) is 11.3 Å². The van der Waals surface area contributed by atoms with Gasteiger partial charge in [-0.3, -0.25) is 4.68 Å². The Balaban J connectivity index is 2.03. The number of hydrogen-bond donors (Lipinski definition) is 0. The molecule has 2 aromatic carbocycles. The van der Waals surface area contributed by atoms with Crippen LogP contribution >= 0.6 is 23.2 Å². The van der Waals surface area contributed by atoms with Crippen LogP contribution < -0.4 is 0 Å². The maximum atomic E-state index is 12.1. The monoisotopic (exact) mass is 388 g/mol. The number of aromatic nitrogens is 2. The average Bonchev–Trinajstić information content (AvgIpc) is 3.02. The van der Waals surface area contributed by atoms with E-state index in [1.807, 2.05) is 37.3 Å². The van der Waals surface area contributed by atoms with Gasteiger partial charge in [-0.25, -0.2) is 4.79 Å². The van der Waals surface area contributed by atoms with Crippen molar-refractivity contribution < 1.29 is 9.53 Å². The number of carbonyl (C=O) groups is 1. The Morgan fingerprint density at radius 3 is 2.50 bits per heavy atom. The van der Waals surface area contributed by atoms with Crippen LogP contribution in [-0.4, -0.2) is 22.4 Å². The van der Waals surface area contributed by atoms with Crippen LogP contribution in [0.25, 0.3) is 11.3 Å². The highest BCUT2D eigenvalue weighted by Crippen LogP contribution is 2.26. The molecule has 3 aromatic rings. The van der Waals surface area contributed by atoms with Gasteiger partial charge in [0.15, 0.2) is 5.69 Å². The first-order chi connectivity index (χ1) is 12.5. The molecule has 1 heterocycles. The van der Waals surface area contributed by atoms with E-state index >= 15 is 0 Å². The minimum atomic E-state index is -0.443. The molecule has 0 aliphatic rings. The number of rotatable bonds is 5. The summed E-state index contributed by atoms with van der Waals surface area (Å²) in [7, 11) is 0. The van der Waals surface area contributed by atoms with Gasteiger partial charge in [0.2, 0.25) is 0 Å². The molecule has 0 atom stereocenters. The molecule has 0 N–H and O–H groups in total. The van der Waals surface area contributed by atoms with Crippen molar-refractivity contribution in [3.05, 3.63) is 75.4 Å². The summed E-state index contributed by atoms with van der Waals surface area (Å²) in [5.74, 6) is -0.443. The SMILES string of the molecule is CCOC(=O)c1cc(-c2ccc(C)cc2)n(Cc2ccc(Cl)cc2Cl)n1. The lowest BCUT2D eigenvalue weighted by molar-refractivity contribution is 0.0518. The summed E-state index contributed by atoms with van der Waals surface area (Å²) < 4.78 is 6.84. The number of hydrogen-bond acceptors (Lipinski definition) is 3. The van der Waals surface area contributed by atoms with Crippen molar-refractivity contribution in [3.63, 3.8) is 0 Å². The first kappa shape index (κ1) is 18.5. The lowest BCUT2D eigenvalue weighted by Crippen LogP contribution is -2.08. The second kappa shape index (κ2) is 7.94. The zero-order valence-corrected chi connectivity index (χ0v) is 16.0. The van der Waals surface area contributed by atoms with Gasteiger partial charge in [-0.2, -0.15) is 5.10 Å². The van der Waals surface area contributed by atoms with E-state index < -0.39 is 5.97 Å². The normalized spacial score (nSPS) is 10.8. The predicted octanol–water partition coefficient (Wildman–Crippen LogP) is 5.39. The third-order valence-corrected chi connectivity index (χ3v) is 4.53. The van der Waals surface area contributed by atoms with Gasteiger partial charge in [0, 0.05) is 10.0 Å². The molecule has 0 aliphatic heterocycles. The smallest absolute Gasteiger partial charge is 0.358 e. The van der Waals surface area contributed by atoms with Crippen LogP contribution in [0.4, 0.5) is 0 Å². The molecule has 0 amide bonds. The van der Waals surface area contributed by atoms with Crippen LogP contribution in [0.15, 0.2) is 48.5 Å². The quantitative estimate of drug-likeness (QED) is 0.550. The number of esters is 1. The first-order valence-electron chi connectivity index (χ1n) is 8.24. The Morgan fingerprint density at radius 1 is 1.12 bits per heavy atom. The average molecular weight is 389 g/mol. The Bertz CT molecular complexity index is 933. The number of aryl methyl sites for hydroxylation is 1. The van der Waals surface area contributed by atoms with Gasteiger partial charge in [-0.1, -0.05) is 59.1 Å². The summed E-state index contributed by atoms with van der Waals surface area (Å²) >= 11 is 12.3. The molecule has 134 valence electrons. The van der Waals surface area contributed by atoms with Gasteiger partial charge >= 0.3 is 5.97 Å². The van der Waals surface area contributed by atoms with Crippen molar-refractivity contribution in [1.29, 1.82) is 0 Å². The zero-order valence-electron chi connectivity index (χ0n) is 14.5. The minimum absolute atomic E-state index is 0.271. The number of nitrogens with zero attached hydrogens (tertiary/aromatic N) is 2. The van der Waals surface area contributed by atoms with Gasteiger partial charge < -0.3 is 4.74 Å². The number of benzene rings is 2. The summed E-state index contributed by atoms with van der Waals surface area (Å²) in [5, 5.41) is 5.57. The first-order valence-corrected chi connectivity index (χ1v) is 8.99. The molecule has 6 heteroatoms. The topological polar surface area (TPSA) is 44.1 Å². The molecule has 0 aliphatic carbocycles. The standard InChI is InChI=1S/C20H18Cl2N2O2/c1-3-26-20(25)18-11-19(14-6-4-13(2)5-7-14)24(23-18)12-15-8-9-16(21)10-17(15)22/h4-11H,3,12H2,1-2H3. The molecule has 0 unspecified atom stereocenters. The molecule has 0 saturated heterocycles. The van der Waals surface area contributed by atoms with Crippen molar-refractivity contribution in [3.8, 4) is 11.3 Å². The molecule has 4 nitrogen and oxygen atoms in total. The van der Waals surface area contributed by atoms with Gasteiger partial charge in [-0.15, -0.1) is 0 Å². The van der Waals surface area contributed by atoms with Crippen molar-refractivity contribution in [1.82, 2.24) is 9.78 Å². The predicted molar refractivity (Wildman–Crippen MR) is 104 cm³/mol. The van der Waals surface area contributed by atoms with Crippen LogP contribution in [0.2, 0.25) is 10.0 Å². The van der Waals surface area contributed by atoms with Crippen LogP contribution in [0.1, 0.15) is 28.5 Å². The lowest BCUT2D eigenvalue weighted by atomic mass is 10.1. The van der Waals surface area contributed by atoms with Crippen LogP contribution in [0.3, 0.4) is 0 Å². The third-order valence-electron chi connectivity index (χ3n) is 3.95. The molecule has 0 radical (unpaired) electrons. The van der Waals surface area contributed by atoms with Crippen molar-refractivity contribution in [2.45, 2.75) is 20.4 Å². The third kappa shape index (κ3) is 4.09. The second-order valence-corrected chi connectivity index (χ2v) is 6.74. The Hall–Kier alpha value is -2.30.